The molecule has 5 heteroatoms. The predicted octanol–water partition coefficient (Wildman–Crippen LogP) is 4.09. The number of halogens is 1. The molecule has 2 aromatic rings. The van der Waals surface area contributed by atoms with Gasteiger partial charge in [-0.2, -0.15) is 0 Å². The van der Waals surface area contributed by atoms with Crippen LogP contribution in [0.4, 0.5) is 5.69 Å². The van der Waals surface area contributed by atoms with Crippen LogP contribution in [-0.4, -0.2) is 43.6 Å². The first-order valence-electron chi connectivity index (χ1n) is 9.10. The average molecular weight is 371 g/mol. The molecule has 1 saturated carbocycles. The molecular weight excluding hydrogens is 348 g/mol. The highest BCUT2D eigenvalue weighted by Crippen LogP contribution is 2.33. The predicted molar refractivity (Wildman–Crippen MR) is 104 cm³/mol. The van der Waals surface area contributed by atoms with E-state index >= 15 is 0 Å². The van der Waals surface area contributed by atoms with E-state index in [9.17, 15) is 4.79 Å². The smallest absolute Gasteiger partial charge is 0.258 e. The highest BCUT2D eigenvalue weighted by Gasteiger charge is 2.38. The number of benzene rings is 2. The fourth-order valence-corrected chi connectivity index (χ4v) is 3.23. The highest BCUT2D eigenvalue weighted by molar-refractivity contribution is 6.30. The minimum absolute atomic E-state index is 0.0657. The topological polar surface area (TPSA) is 32.6 Å². The van der Waals surface area contributed by atoms with Crippen molar-refractivity contribution < 1.29 is 9.53 Å². The maximum Gasteiger partial charge on any atom is 0.258 e. The lowest BCUT2D eigenvalue weighted by Crippen LogP contribution is -2.26. The number of nitrogens with zero attached hydrogens (tertiary/aromatic N) is 2. The van der Waals surface area contributed by atoms with Crippen LogP contribution in [0.2, 0.25) is 5.02 Å². The Balaban J connectivity index is 1.30. The Morgan fingerprint density at radius 2 is 1.85 bits per heavy atom. The third-order valence-corrected chi connectivity index (χ3v) is 5.33. The second kappa shape index (κ2) is 7.29. The summed E-state index contributed by atoms with van der Waals surface area (Å²) in [4.78, 5) is 16.7. The number of hydrogen-bond donors (Lipinski definition) is 0. The molecule has 1 aliphatic carbocycles. The summed E-state index contributed by atoms with van der Waals surface area (Å²) in [5.74, 6) is 1.72. The lowest BCUT2D eigenvalue weighted by Gasteiger charge is -2.18. The van der Waals surface area contributed by atoms with Crippen LogP contribution >= 0.6 is 11.6 Å². The minimum Gasteiger partial charge on any atom is -0.492 e. The molecule has 2 unspecified atom stereocenters. The Kier molecular flexibility index (Phi) is 4.88. The van der Waals surface area contributed by atoms with E-state index in [4.69, 9.17) is 16.3 Å². The molecule has 1 saturated heterocycles. The van der Waals surface area contributed by atoms with Crippen molar-refractivity contribution in [1.82, 2.24) is 4.90 Å². The lowest BCUT2D eigenvalue weighted by atomic mass is 10.2. The zero-order valence-electron chi connectivity index (χ0n) is 14.9. The Hall–Kier alpha value is -2.04. The van der Waals surface area contributed by atoms with Crippen LogP contribution in [0.1, 0.15) is 23.2 Å². The molecule has 26 heavy (non-hydrogen) atoms. The SMILES string of the molecule is CN(C(=O)c1ccc(Cl)cc1)c1ccc(OCC2CN2CC2CC2)cc1. The normalized spacial score (nSPS) is 21.3. The van der Waals surface area contributed by atoms with Crippen molar-refractivity contribution >= 4 is 23.2 Å². The van der Waals surface area contributed by atoms with Crippen LogP contribution in [0.5, 0.6) is 5.75 Å². The fourth-order valence-electron chi connectivity index (χ4n) is 3.10. The van der Waals surface area contributed by atoms with Gasteiger partial charge in [0, 0.05) is 36.4 Å². The number of hydrogen-bond acceptors (Lipinski definition) is 3. The van der Waals surface area contributed by atoms with Crippen LogP contribution in [0.25, 0.3) is 0 Å². The van der Waals surface area contributed by atoms with Gasteiger partial charge in [0.15, 0.2) is 0 Å². The third-order valence-electron chi connectivity index (χ3n) is 5.08. The monoisotopic (exact) mass is 370 g/mol. The quantitative estimate of drug-likeness (QED) is 0.688. The van der Waals surface area contributed by atoms with Gasteiger partial charge in [-0.25, -0.2) is 0 Å². The number of carbonyl (C=O) groups is 1. The molecule has 1 amide bonds. The molecule has 0 spiro atoms. The average Bonchev–Trinajstić information content (AvgIpc) is 3.59. The number of carbonyl (C=O) groups excluding carboxylic acids is 1. The van der Waals surface area contributed by atoms with Crippen molar-refractivity contribution in [3.63, 3.8) is 0 Å². The molecule has 2 atom stereocenters. The van der Waals surface area contributed by atoms with E-state index in [-0.39, 0.29) is 5.91 Å². The standard InChI is InChI=1S/C21H23ClN2O2/c1-23(21(25)16-4-6-17(22)7-5-16)18-8-10-20(11-9-18)26-14-19-13-24(19)12-15-2-3-15/h4-11,15,19H,2-3,12-14H2,1H3. The van der Waals surface area contributed by atoms with Crippen molar-refractivity contribution in [2.75, 3.05) is 31.6 Å². The number of rotatable bonds is 7. The zero-order valence-corrected chi connectivity index (χ0v) is 15.7. The second-order valence-corrected chi connectivity index (χ2v) is 7.66. The van der Waals surface area contributed by atoms with Crippen molar-refractivity contribution in [2.45, 2.75) is 18.9 Å². The van der Waals surface area contributed by atoms with E-state index in [1.165, 1.54) is 19.4 Å². The van der Waals surface area contributed by atoms with Crippen molar-refractivity contribution in [1.29, 1.82) is 0 Å². The molecule has 1 heterocycles. The molecule has 136 valence electrons. The van der Waals surface area contributed by atoms with Gasteiger partial charge in [0.2, 0.25) is 0 Å². The molecule has 2 aromatic carbocycles. The largest absolute Gasteiger partial charge is 0.492 e. The Morgan fingerprint density at radius 3 is 2.50 bits per heavy atom. The summed E-state index contributed by atoms with van der Waals surface area (Å²) in [6.07, 6.45) is 2.79. The van der Waals surface area contributed by atoms with E-state index < -0.39 is 0 Å². The van der Waals surface area contributed by atoms with E-state index in [1.807, 2.05) is 24.3 Å². The first-order chi connectivity index (χ1) is 12.6. The van der Waals surface area contributed by atoms with Gasteiger partial charge in [-0.05, 0) is 67.3 Å². The zero-order chi connectivity index (χ0) is 18.1. The van der Waals surface area contributed by atoms with E-state index in [0.29, 0.717) is 16.6 Å². The summed E-state index contributed by atoms with van der Waals surface area (Å²) in [6, 6.07) is 15.2. The third kappa shape index (κ3) is 4.19. The Labute approximate surface area is 159 Å². The Morgan fingerprint density at radius 1 is 1.15 bits per heavy atom. The van der Waals surface area contributed by atoms with E-state index in [1.54, 1.807) is 36.2 Å². The first kappa shape index (κ1) is 17.4. The van der Waals surface area contributed by atoms with E-state index in [0.717, 1.165) is 30.5 Å². The molecule has 4 nitrogen and oxygen atoms in total. The van der Waals surface area contributed by atoms with Crippen LogP contribution < -0.4 is 9.64 Å². The summed E-state index contributed by atoms with van der Waals surface area (Å²) in [6.45, 7) is 3.14. The molecule has 4 rings (SSSR count). The van der Waals surface area contributed by atoms with Gasteiger partial charge < -0.3 is 9.64 Å². The first-order valence-corrected chi connectivity index (χ1v) is 9.48. The van der Waals surface area contributed by atoms with Gasteiger partial charge in [0.25, 0.3) is 5.91 Å². The van der Waals surface area contributed by atoms with Crippen molar-refractivity contribution in [2.24, 2.45) is 5.92 Å². The van der Waals surface area contributed by atoms with Gasteiger partial charge in [-0.1, -0.05) is 11.6 Å². The molecule has 0 aromatic heterocycles. The van der Waals surface area contributed by atoms with Gasteiger partial charge >= 0.3 is 0 Å². The minimum atomic E-state index is -0.0657. The molecule has 0 N–H and O–H groups in total. The number of ether oxygens (including phenoxy) is 1. The number of amides is 1. The maximum atomic E-state index is 12.5. The molecule has 0 bridgehead atoms. The Bertz CT molecular complexity index is 772. The summed E-state index contributed by atoms with van der Waals surface area (Å²) in [5, 5.41) is 0.622. The summed E-state index contributed by atoms with van der Waals surface area (Å²) < 4.78 is 5.90. The second-order valence-electron chi connectivity index (χ2n) is 7.23. The van der Waals surface area contributed by atoms with Crippen LogP contribution in [-0.2, 0) is 0 Å². The van der Waals surface area contributed by atoms with Crippen molar-refractivity contribution in [3.05, 3.63) is 59.1 Å². The fraction of sp³-hybridized carbons (Fsp3) is 0.381. The summed E-state index contributed by atoms with van der Waals surface area (Å²) >= 11 is 5.88. The van der Waals surface area contributed by atoms with Gasteiger partial charge in [-0.15, -0.1) is 0 Å². The molecule has 0 radical (unpaired) electrons. The highest BCUT2D eigenvalue weighted by atomic mass is 35.5. The van der Waals surface area contributed by atoms with E-state index in [2.05, 4.69) is 4.90 Å². The van der Waals surface area contributed by atoms with Crippen LogP contribution in [0, 0.1) is 5.92 Å². The van der Waals surface area contributed by atoms with Crippen LogP contribution in [0.15, 0.2) is 48.5 Å². The molecule has 2 fully saturated rings. The maximum absolute atomic E-state index is 12.5. The van der Waals surface area contributed by atoms with Gasteiger partial charge in [0.1, 0.15) is 12.4 Å². The molecule has 2 aliphatic rings. The summed E-state index contributed by atoms with van der Waals surface area (Å²) in [5.41, 5.74) is 1.45. The van der Waals surface area contributed by atoms with Gasteiger partial charge in [0.05, 0.1) is 6.04 Å². The van der Waals surface area contributed by atoms with Crippen molar-refractivity contribution in [3.8, 4) is 5.75 Å². The van der Waals surface area contributed by atoms with Crippen LogP contribution in [0.3, 0.4) is 0 Å². The molecular formula is C21H23ClN2O2. The number of anilines is 1. The summed E-state index contributed by atoms with van der Waals surface area (Å²) in [7, 11) is 1.77. The van der Waals surface area contributed by atoms with Gasteiger partial charge in [-0.3, -0.25) is 9.69 Å². The lowest BCUT2D eigenvalue weighted by molar-refractivity contribution is 0.0993. The molecule has 1 aliphatic heterocycles.